The molecule has 0 aliphatic heterocycles. The number of nitrogens with one attached hydrogen (secondary N) is 2. The molecule has 0 heterocycles. The fourth-order valence-electron chi connectivity index (χ4n) is 2.60. The Morgan fingerprint density at radius 3 is 2.40 bits per heavy atom. The molecule has 0 unspecified atom stereocenters. The average molecular weight is 352 g/mol. The van der Waals surface area contributed by atoms with E-state index in [2.05, 4.69) is 22.2 Å². The van der Waals surface area contributed by atoms with Crippen LogP contribution in [-0.4, -0.2) is 62.6 Å². The van der Waals surface area contributed by atoms with Gasteiger partial charge in [-0.2, -0.15) is 0 Å². The van der Waals surface area contributed by atoms with Crippen molar-refractivity contribution in [1.82, 2.24) is 15.5 Å². The van der Waals surface area contributed by atoms with Crippen LogP contribution >= 0.6 is 0 Å². The fourth-order valence-corrected chi connectivity index (χ4v) is 2.60. The monoisotopic (exact) mass is 352 g/mol. The first-order valence-electron chi connectivity index (χ1n) is 8.89. The summed E-state index contributed by atoms with van der Waals surface area (Å²) < 4.78 is 5.10. The maximum absolute atomic E-state index is 11.8. The molecule has 0 aromatic rings. The Morgan fingerprint density at radius 1 is 1.24 bits per heavy atom. The number of nitrogens with zero attached hydrogens (tertiary/aromatic N) is 2. The zero-order chi connectivity index (χ0) is 18.8. The van der Waals surface area contributed by atoms with E-state index in [0.29, 0.717) is 19.1 Å². The second kappa shape index (κ2) is 10.7. The second-order valence-electron chi connectivity index (χ2n) is 6.71. The lowest BCUT2D eigenvalue weighted by Gasteiger charge is -2.29. The van der Waals surface area contributed by atoms with Gasteiger partial charge in [-0.1, -0.05) is 12.2 Å². The summed E-state index contributed by atoms with van der Waals surface area (Å²) in [7, 11) is 3.42. The van der Waals surface area contributed by atoms with E-state index in [9.17, 15) is 9.59 Å². The molecule has 0 bridgehead atoms. The molecule has 25 heavy (non-hydrogen) atoms. The molecular formula is C18H32N4O3. The van der Waals surface area contributed by atoms with Gasteiger partial charge in [0.25, 0.3) is 0 Å². The van der Waals surface area contributed by atoms with Gasteiger partial charge in [0.15, 0.2) is 5.96 Å². The molecule has 1 saturated carbocycles. The van der Waals surface area contributed by atoms with E-state index < -0.39 is 0 Å². The SMILES string of the molecule is C=C(C)CNC(=NCC(=O)N(C)C)NC1CCC(C(=O)OCC)CC1. The number of carbonyl (C=O) groups is 2. The molecule has 1 aliphatic rings. The summed E-state index contributed by atoms with van der Waals surface area (Å²) in [5, 5.41) is 6.56. The van der Waals surface area contributed by atoms with Crippen LogP contribution in [0.2, 0.25) is 0 Å². The van der Waals surface area contributed by atoms with E-state index in [-0.39, 0.29) is 30.4 Å². The van der Waals surface area contributed by atoms with Gasteiger partial charge in [0, 0.05) is 26.7 Å². The molecule has 1 aliphatic carbocycles. The number of esters is 1. The van der Waals surface area contributed by atoms with E-state index in [1.165, 1.54) is 4.90 Å². The first-order chi connectivity index (χ1) is 11.8. The van der Waals surface area contributed by atoms with Crippen LogP contribution in [0.15, 0.2) is 17.1 Å². The minimum Gasteiger partial charge on any atom is -0.466 e. The third kappa shape index (κ3) is 8.05. The summed E-state index contributed by atoms with van der Waals surface area (Å²) in [6.07, 6.45) is 3.36. The van der Waals surface area contributed by atoms with Crippen molar-refractivity contribution < 1.29 is 14.3 Å². The normalized spacial score (nSPS) is 20.6. The van der Waals surface area contributed by atoms with Crippen LogP contribution in [0.25, 0.3) is 0 Å². The van der Waals surface area contributed by atoms with Crippen LogP contribution in [0.3, 0.4) is 0 Å². The highest BCUT2D eigenvalue weighted by molar-refractivity contribution is 5.85. The maximum atomic E-state index is 11.8. The summed E-state index contributed by atoms with van der Waals surface area (Å²) in [4.78, 5) is 29.4. The molecule has 0 radical (unpaired) electrons. The molecule has 2 N–H and O–H groups in total. The maximum Gasteiger partial charge on any atom is 0.308 e. The minimum absolute atomic E-state index is 0.00270. The van der Waals surface area contributed by atoms with Crippen molar-refractivity contribution in [2.75, 3.05) is 33.8 Å². The molecular weight excluding hydrogens is 320 g/mol. The van der Waals surface area contributed by atoms with Gasteiger partial charge in [0.2, 0.25) is 5.91 Å². The van der Waals surface area contributed by atoms with Gasteiger partial charge in [-0.05, 0) is 39.5 Å². The molecule has 0 spiro atoms. The Hall–Kier alpha value is -2.05. The number of hydrogen-bond acceptors (Lipinski definition) is 4. The molecule has 1 rings (SSSR count). The summed E-state index contributed by atoms with van der Waals surface area (Å²) in [6.45, 7) is 8.75. The third-order valence-corrected chi connectivity index (χ3v) is 4.12. The number of carbonyl (C=O) groups excluding carboxylic acids is 2. The second-order valence-corrected chi connectivity index (χ2v) is 6.71. The highest BCUT2D eigenvalue weighted by Gasteiger charge is 2.27. The van der Waals surface area contributed by atoms with Crippen molar-refractivity contribution in [2.45, 2.75) is 45.6 Å². The van der Waals surface area contributed by atoms with Gasteiger partial charge in [0.05, 0.1) is 12.5 Å². The smallest absolute Gasteiger partial charge is 0.308 e. The van der Waals surface area contributed by atoms with E-state index in [4.69, 9.17) is 4.74 Å². The Kier molecular flexibility index (Phi) is 9.02. The number of rotatable bonds is 7. The molecule has 0 aromatic carbocycles. The number of guanidine groups is 1. The lowest BCUT2D eigenvalue weighted by atomic mass is 9.86. The van der Waals surface area contributed by atoms with Crippen LogP contribution in [-0.2, 0) is 14.3 Å². The van der Waals surface area contributed by atoms with Crippen LogP contribution in [0.4, 0.5) is 0 Å². The van der Waals surface area contributed by atoms with E-state index in [1.54, 1.807) is 14.1 Å². The lowest BCUT2D eigenvalue weighted by molar-refractivity contribution is -0.149. The van der Waals surface area contributed by atoms with Crippen molar-refractivity contribution in [3.05, 3.63) is 12.2 Å². The Morgan fingerprint density at radius 2 is 1.88 bits per heavy atom. The van der Waals surface area contributed by atoms with Crippen LogP contribution in [0, 0.1) is 5.92 Å². The van der Waals surface area contributed by atoms with Crippen LogP contribution in [0.5, 0.6) is 0 Å². The first kappa shape index (κ1) is 21.0. The number of amides is 1. The van der Waals surface area contributed by atoms with Gasteiger partial charge >= 0.3 is 5.97 Å². The number of hydrogen-bond donors (Lipinski definition) is 2. The quantitative estimate of drug-likeness (QED) is 0.312. The molecule has 1 amide bonds. The standard InChI is InChI=1S/C18H32N4O3/c1-6-25-17(24)14-7-9-15(10-8-14)21-18(19-11-13(2)3)20-12-16(23)22(4)5/h14-15H,2,6-12H2,1,3-5H3,(H2,19,20,21). The first-order valence-corrected chi connectivity index (χ1v) is 8.89. The van der Waals surface area contributed by atoms with Gasteiger partial charge in [-0.15, -0.1) is 0 Å². The van der Waals surface area contributed by atoms with Gasteiger partial charge < -0.3 is 20.3 Å². The summed E-state index contributed by atoms with van der Waals surface area (Å²) in [5.74, 6) is 0.462. The molecule has 142 valence electrons. The molecule has 0 saturated heterocycles. The topological polar surface area (TPSA) is 83.0 Å². The summed E-state index contributed by atoms with van der Waals surface area (Å²) in [5.41, 5.74) is 0.986. The predicted molar refractivity (Wildman–Crippen MR) is 99.3 cm³/mol. The summed E-state index contributed by atoms with van der Waals surface area (Å²) in [6, 6.07) is 0.233. The van der Waals surface area contributed by atoms with Gasteiger partial charge in [-0.25, -0.2) is 4.99 Å². The number of aliphatic imine (C=N–C) groups is 1. The zero-order valence-corrected chi connectivity index (χ0v) is 15.9. The highest BCUT2D eigenvalue weighted by atomic mass is 16.5. The van der Waals surface area contributed by atoms with E-state index >= 15 is 0 Å². The molecule has 1 fully saturated rings. The molecule has 7 nitrogen and oxygen atoms in total. The third-order valence-electron chi connectivity index (χ3n) is 4.12. The minimum atomic E-state index is -0.0909. The van der Waals surface area contributed by atoms with Crippen molar-refractivity contribution in [1.29, 1.82) is 0 Å². The van der Waals surface area contributed by atoms with Crippen LogP contribution in [0.1, 0.15) is 39.5 Å². The molecule has 0 atom stereocenters. The van der Waals surface area contributed by atoms with Crippen molar-refractivity contribution in [3.8, 4) is 0 Å². The Bertz CT molecular complexity index is 495. The fraction of sp³-hybridized carbons (Fsp3) is 0.722. The van der Waals surface area contributed by atoms with Crippen LogP contribution < -0.4 is 10.6 Å². The number of ether oxygens (including phenoxy) is 1. The van der Waals surface area contributed by atoms with E-state index in [1.807, 2.05) is 13.8 Å². The van der Waals surface area contributed by atoms with E-state index in [0.717, 1.165) is 31.3 Å². The summed E-state index contributed by atoms with van der Waals surface area (Å²) >= 11 is 0. The van der Waals surface area contributed by atoms with Gasteiger partial charge in [0.1, 0.15) is 6.54 Å². The average Bonchev–Trinajstić information content (AvgIpc) is 2.57. The van der Waals surface area contributed by atoms with Crippen molar-refractivity contribution in [2.24, 2.45) is 10.9 Å². The van der Waals surface area contributed by atoms with Crippen molar-refractivity contribution >= 4 is 17.8 Å². The molecule has 7 heteroatoms. The largest absolute Gasteiger partial charge is 0.466 e. The molecule has 0 aromatic heterocycles. The Labute approximate surface area is 150 Å². The number of likely N-dealkylation sites (N-methyl/N-ethyl adjacent to an activating group) is 1. The lowest BCUT2D eigenvalue weighted by Crippen LogP contribution is -2.46. The zero-order valence-electron chi connectivity index (χ0n) is 15.9. The van der Waals surface area contributed by atoms with Crippen molar-refractivity contribution in [3.63, 3.8) is 0 Å². The Balaban J connectivity index is 2.57. The predicted octanol–water partition coefficient (Wildman–Crippen LogP) is 1.31. The van der Waals surface area contributed by atoms with Gasteiger partial charge in [-0.3, -0.25) is 9.59 Å². The highest BCUT2D eigenvalue weighted by Crippen LogP contribution is 2.25.